The van der Waals surface area contributed by atoms with Crippen LogP contribution in [0, 0.1) is 0 Å². The van der Waals surface area contributed by atoms with E-state index in [0.717, 1.165) is 0 Å². The summed E-state index contributed by atoms with van der Waals surface area (Å²) in [5.74, 6) is -0.344. The Bertz CT molecular complexity index is 222. The number of amides is 1. The standard InChI is InChI=1S/C7H13N3O2S/c8-6(11)4-10-1-2-12-5(3-10)7(9)13/h5H,1-4H2,(H2,8,11)(H2,9,13). The molecule has 0 aliphatic carbocycles. The predicted octanol–water partition coefficient (Wildman–Crippen LogP) is -1.54. The van der Waals surface area contributed by atoms with Gasteiger partial charge in [0.05, 0.1) is 13.2 Å². The van der Waals surface area contributed by atoms with Crippen molar-refractivity contribution in [3.8, 4) is 0 Å². The van der Waals surface area contributed by atoms with Gasteiger partial charge in [-0.25, -0.2) is 0 Å². The summed E-state index contributed by atoms with van der Waals surface area (Å²) in [5.41, 5.74) is 10.5. The third-order valence-corrected chi connectivity index (χ3v) is 2.11. The quantitative estimate of drug-likeness (QED) is 0.543. The second kappa shape index (κ2) is 4.50. The Morgan fingerprint density at radius 3 is 2.85 bits per heavy atom. The van der Waals surface area contributed by atoms with Gasteiger partial charge < -0.3 is 16.2 Å². The first-order chi connectivity index (χ1) is 6.09. The van der Waals surface area contributed by atoms with Crippen LogP contribution in [0.15, 0.2) is 0 Å². The van der Waals surface area contributed by atoms with Crippen LogP contribution in [0.2, 0.25) is 0 Å². The molecule has 13 heavy (non-hydrogen) atoms. The number of hydrogen-bond donors (Lipinski definition) is 2. The van der Waals surface area contributed by atoms with E-state index in [9.17, 15) is 4.79 Å². The van der Waals surface area contributed by atoms with Gasteiger partial charge in [0.25, 0.3) is 0 Å². The maximum absolute atomic E-state index is 10.6. The van der Waals surface area contributed by atoms with Gasteiger partial charge in [0.2, 0.25) is 5.91 Å². The number of thiocarbonyl (C=S) groups is 1. The molecular weight excluding hydrogens is 190 g/mol. The van der Waals surface area contributed by atoms with Gasteiger partial charge in [0, 0.05) is 13.1 Å². The minimum absolute atomic E-state index is 0.239. The third-order valence-electron chi connectivity index (χ3n) is 1.85. The number of morpholine rings is 1. The minimum Gasteiger partial charge on any atom is -0.391 e. The molecule has 74 valence electrons. The predicted molar refractivity (Wildman–Crippen MR) is 52.2 cm³/mol. The van der Waals surface area contributed by atoms with E-state index in [0.29, 0.717) is 24.7 Å². The molecule has 0 bridgehead atoms. The van der Waals surface area contributed by atoms with Gasteiger partial charge in [0.1, 0.15) is 11.1 Å². The Hall–Kier alpha value is -0.720. The van der Waals surface area contributed by atoms with Gasteiger partial charge in [-0.05, 0) is 0 Å². The highest BCUT2D eigenvalue weighted by Crippen LogP contribution is 2.04. The number of carbonyl (C=O) groups is 1. The summed E-state index contributed by atoms with van der Waals surface area (Å²) in [4.78, 5) is 12.8. The Kier molecular flexibility index (Phi) is 3.58. The van der Waals surface area contributed by atoms with Gasteiger partial charge >= 0.3 is 0 Å². The van der Waals surface area contributed by atoms with Gasteiger partial charge in [-0.3, -0.25) is 9.69 Å². The van der Waals surface area contributed by atoms with Crippen molar-refractivity contribution in [1.29, 1.82) is 0 Å². The number of carbonyl (C=O) groups excluding carboxylic acids is 1. The molecule has 1 unspecified atom stereocenters. The normalized spacial score (nSPS) is 24.2. The smallest absolute Gasteiger partial charge is 0.231 e. The van der Waals surface area contributed by atoms with E-state index in [1.54, 1.807) is 0 Å². The number of nitrogens with two attached hydrogens (primary N) is 2. The van der Waals surface area contributed by atoms with E-state index in [1.807, 2.05) is 4.90 Å². The molecular formula is C7H13N3O2S. The fourth-order valence-corrected chi connectivity index (χ4v) is 1.38. The molecule has 0 saturated carbocycles. The van der Waals surface area contributed by atoms with Crippen LogP contribution in [0.3, 0.4) is 0 Å². The van der Waals surface area contributed by atoms with Crippen LogP contribution in [0.25, 0.3) is 0 Å². The number of rotatable bonds is 3. The second-order valence-corrected chi connectivity index (χ2v) is 3.43. The van der Waals surface area contributed by atoms with Gasteiger partial charge in [0.15, 0.2) is 0 Å². The van der Waals surface area contributed by atoms with E-state index < -0.39 is 0 Å². The van der Waals surface area contributed by atoms with Crippen molar-refractivity contribution < 1.29 is 9.53 Å². The number of ether oxygens (including phenoxy) is 1. The van der Waals surface area contributed by atoms with Crippen molar-refractivity contribution in [2.45, 2.75) is 6.10 Å². The summed E-state index contributed by atoms with van der Waals surface area (Å²) in [5, 5.41) is 0. The zero-order valence-electron chi connectivity index (χ0n) is 7.23. The molecule has 5 nitrogen and oxygen atoms in total. The second-order valence-electron chi connectivity index (χ2n) is 2.96. The van der Waals surface area contributed by atoms with Crippen LogP contribution < -0.4 is 11.5 Å². The lowest BCUT2D eigenvalue weighted by molar-refractivity contribution is -0.120. The van der Waals surface area contributed by atoms with Gasteiger partial charge in [-0.1, -0.05) is 12.2 Å². The van der Waals surface area contributed by atoms with E-state index >= 15 is 0 Å². The zero-order valence-corrected chi connectivity index (χ0v) is 8.05. The Morgan fingerprint density at radius 2 is 2.31 bits per heavy atom. The third kappa shape index (κ3) is 3.25. The maximum atomic E-state index is 10.6. The molecule has 1 aliphatic heterocycles. The maximum Gasteiger partial charge on any atom is 0.231 e. The van der Waals surface area contributed by atoms with Crippen LogP contribution in [0.1, 0.15) is 0 Å². The average Bonchev–Trinajstić information content (AvgIpc) is 2.03. The molecule has 4 N–H and O–H groups in total. The lowest BCUT2D eigenvalue weighted by atomic mass is 10.2. The van der Waals surface area contributed by atoms with Crippen LogP contribution >= 0.6 is 12.2 Å². The van der Waals surface area contributed by atoms with Crippen LogP contribution in [0.5, 0.6) is 0 Å². The first-order valence-corrected chi connectivity index (χ1v) is 4.42. The molecule has 0 aromatic rings. The van der Waals surface area contributed by atoms with Gasteiger partial charge in [-0.15, -0.1) is 0 Å². The first-order valence-electron chi connectivity index (χ1n) is 4.01. The van der Waals surface area contributed by atoms with E-state index in [4.69, 9.17) is 28.4 Å². The highest BCUT2D eigenvalue weighted by Gasteiger charge is 2.22. The number of primary amides is 1. The Morgan fingerprint density at radius 1 is 1.62 bits per heavy atom. The SMILES string of the molecule is NC(=O)CN1CCOC(C(N)=S)C1. The molecule has 1 amide bonds. The van der Waals surface area contributed by atoms with Crippen molar-refractivity contribution >= 4 is 23.1 Å². The fraction of sp³-hybridized carbons (Fsp3) is 0.714. The summed E-state index contributed by atoms with van der Waals surface area (Å²) in [6, 6.07) is 0. The fourth-order valence-electron chi connectivity index (χ4n) is 1.24. The molecule has 1 saturated heterocycles. The van der Waals surface area contributed by atoms with Gasteiger partial charge in [-0.2, -0.15) is 0 Å². The van der Waals surface area contributed by atoms with Crippen LogP contribution in [-0.2, 0) is 9.53 Å². The molecule has 1 aliphatic rings. The summed E-state index contributed by atoms with van der Waals surface area (Å²) in [6.45, 7) is 2.03. The zero-order chi connectivity index (χ0) is 9.84. The molecule has 6 heteroatoms. The highest BCUT2D eigenvalue weighted by atomic mass is 32.1. The largest absolute Gasteiger partial charge is 0.391 e. The molecule has 1 fully saturated rings. The van der Waals surface area contributed by atoms with E-state index in [1.165, 1.54) is 0 Å². The molecule has 0 radical (unpaired) electrons. The van der Waals surface area contributed by atoms with Crippen molar-refractivity contribution in [2.24, 2.45) is 11.5 Å². The lowest BCUT2D eigenvalue weighted by Gasteiger charge is -2.31. The van der Waals surface area contributed by atoms with Crippen LogP contribution in [0.4, 0.5) is 0 Å². The monoisotopic (exact) mass is 203 g/mol. The van der Waals surface area contributed by atoms with Crippen molar-refractivity contribution in [3.63, 3.8) is 0 Å². The molecule has 1 heterocycles. The van der Waals surface area contributed by atoms with Crippen molar-refractivity contribution in [1.82, 2.24) is 4.90 Å². The summed E-state index contributed by atoms with van der Waals surface area (Å²) < 4.78 is 5.29. The van der Waals surface area contributed by atoms with Crippen molar-refractivity contribution in [3.05, 3.63) is 0 Å². The highest BCUT2D eigenvalue weighted by molar-refractivity contribution is 7.80. The average molecular weight is 203 g/mol. The number of nitrogens with zero attached hydrogens (tertiary/aromatic N) is 1. The number of hydrogen-bond acceptors (Lipinski definition) is 4. The summed E-state index contributed by atoms with van der Waals surface area (Å²) in [7, 11) is 0. The molecule has 0 aromatic heterocycles. The van der Waals surface area contributed by atoms with Crippen LogP contribution in [-0.4, -0.2) is 48.1 Å². The molecule has 0 spiro atoms. The summed E-state index contributed by atoms with van der Waals surface area (Å²) in [6.07, 6.45) is -0.247. The van der Waals surface area contributed by atoms with E-state index in [-0.39, 0.29) is 18.6 Å². The van der Waals surface area contributed by atoms with E-state index in [2.05, 4.69) is 0 Å². The summed E-state index contributed by atoms with van der Waals surface area (Å²) >= 11 is 4.79. The van der Waals surface area contributed by atoms with Crippen molar-refractivity contribution in [2.75, 3.05) is 26.2 Å². The molecule has 1 atom stereocenters. The minimum atomic E-state index is -0.344. The lowest BCUT2D eigenvalue weighted by Crippen LogP contribution is -2.49. The Labute approximate surface area is 82.0 Å². The Balaban J connectivity index is 2.41. The first kappa shape index (κ1) is 10.4. The molecule has 1 rings (SSSR count). The topological polar surface area (TPSA) is 81.6 Å². The molecule has 0 aromatic carbocycles.